The van der Waals surface area contributed by atoms with Crippen LogP contribution in [-0.4, -0.2) is 57.6 Å². The second kappa shape index (κ2) is 8.78. The standard InChI is InChI=1S/C22H21O8P/c1-27-19(23)15-14-11-8-12-31(14,13-9-6-5-7-10-13)18(22(26)30-4)17(21(25)29-3)16(15)20(24)28-2/h5-12,15H,1-4H3. The van der Waals surface area contributed by atoms with Crippen molar-refractivity contribution >= 4 is 41.4 Å². The molecule has 1 aromatic rings. The SMILES string of the molecule is COC(=O)C1=C(C(=O)OC)C(C(=O)OC)C2=CC=CP2(c2ccccc2)=C1C(=O)OC. The fourth-order valence-electron chi connectivity index (χ4n) is 3.94. The molecule has 0 aliphatic carbocycles. The van der Waals surface area contributed by atoms with E-state index in [9.17, 15) is 19.2 Å². The van der Waals surface area contributed by atoms with E-state index in [0.717, 1.165) is 14.2 Å². The molecule has 0 fully saturated rings. The van der Waals surface area contributed by atoms with Crippen LogP contribution in [0.2, 0.25) is 0 Å². The summed E-state index contributed by atoms with van der Waals surface area (Å²) in [6, 6.07) is 8.97. The predicted octanol–water partition coefficient (Wildman–Crippen LogP) is 1.53. The molecule has 0 aromatic heterocycles. The van der Waals surface area contributed by atoms with E-state index in [4.69, 9.17) is 18.9 Å². The van der Waals surface area contributed by atoms with Gasteiger partial charge in [-0.05, 0) is 17.5 Å². The summed E-state index contributed by atoms with van der Waals surface area (Å²) in [7, 11) is 4.60. The van der Waals surface area contributed by atoms with Crippen molar-refractivity contribution in [1.29, 1.82) is 0 Å². The first-order valence-electron chi connectivity index (χ1n) is 9.18. The molecule has 0 saturated heterocycles. The van der Waals surface area contributed by atoms with Crippen molar-refractivity contribution in [3.8, 4) is 0 Å². The van der Waals surface area contributed by atoms with E-state index in [1.807, 2.05) is 6.07 Å². The fourth-order valence-corrected chi connectivity index (χ4v) is 8.14. The van der Waals surface area contributed by atoms with Crippen molar-refractivity contribution in [3.05, 3.63) is 64.8 Å². The van der Waals surface area contributed by atoms with Crippen molar-refractivity contribution in [3.63, 3.8) is 0 Å². The predicted molar refractivity (Wildman–Crippen MR) is 114 cm³/mol. The maximum atomic E-state index is 13.1. The lowest BCUT2D eigenvalue weighted by molar-refractivity contribution is -0.146. The normalized spacial score (nSPS) is 21.7. The summed E-state index contributed by atoms with van der Waals surface area (Å²) in [5, 5.41) is 1.14. The maximum Gasteiger partial charge on any atom is 0.339 e. The zero-order chi connectivity index (χ0) is 22.8. The molecule has 31 heavy (non-hydrogen) atoms. The second-order valence-corrected chi connectivity index (χ2v) is 9.78. The molecule has 0 bridgehead atoms. The molecule has 0 amide bonds. The monoisotopic (exact) mass is 444 g/mol. The van der Waals surface area contributed by atoms with E-state index in [0.29, 0.717) is 10.6 Å². The number of benzene rings is 1. The molecule has 8 nitrogen and oxygen atoms in total. The van der Waals surface area contributed by atoms with Crippen molar-refractivity contribution in [2.45, 2.75) is 0 Å². The van der Waals surface area contributed by atoms with Crippen molar-refractivity contribution < 1.29 is 38.1 Å². The number of hydrogen-bond donors (Lipinski definition) is 0. The molecule has 2 aliphatic rings. The van der Waals surface area contributed by atoms with Crippen LogP contribution in [0.15, 0.2) is 64.8 Å². The van der Waals surface area contributed by atoms with Crippen LogP contribution in [-0.2, 0) is 38.1 Å². The molecule has 2 unspecified atom stereocenters. The Morgan fingerprint density at radius 1 is 0.806 bits per heavy atom. The lowest BCUT2D eigenvalue weighted by Crippen LogP contribution is -2.39. The van der Waals surface area contributed by atoms with Gasteiger partial charge in [-0.2, -0.15) is 0 Å². The zero-order valence-corrected chi connectivity index (χ0v) is 18.3. The average Bonchev–Trinajstić information content (AvgIpc) is 3.26. The summed E-state index contributed by atoms with van der Waals surface area (Å²) in [6.07, 6.45) is 3.37. The van der Waals surface area contributed by atoms with E-state index in [1.165, 1.54) is 14.2 Å². The summed E-state index contributed by atoms with van der Waals surface area (Å²) < 4.78 is 19.8. The Hall–Kier alpha value is -3.38. The Balaban J connectivity index is 2.61. The van der Waals surface area contributed by atoms with Gasteiger partial charge in [-0.1, -0.05) is 48.3 Å². The molecule has 0 radical (unpaired) electrons. The number of allylic oxidation sites excluding steroid dienone is 2. The third kappa shape index (κ3) is 3.33. The Morgan fingerprint density at radius 2 is 1.42 bits per heavy atom. The molecule has 162 valence electrons. The zero-order valence-electron chi connectivity index (χ0n) is 17.4. The van der Waals surface area contributed by atoms with Crippen LogP contribution in [0.5, 0.6) is 0 Å². The minimum atomic E-state index is -2.96. The van der Waals surface area contributed by atoms with Crippen LogP contribution in [0.25, 0.3) is 0 Å². The Morgan fingerprint density at radius 3 is 1.97 bits per heavy atom. The molecule has 9 heteroatoms. The Labute approximate surface area is 179 Å². The lowest BCUT2D eigenvalue weighted by Gasteiger charge is -2.36. The Kier molecular flexibility index (Phi) is 6.32. The average molecular weight is 444 g/mol. The van der Waals surface area contributed by atoms with Crippen molar-refractivity contribution in [2.24, 2.45) is 5.92 Å². The molecule has 2 heterocycles. The van der Waals surface area contributed by atoms with Gasteiger partial charge in [-0.3, -0.25) is 4.79 Å². The number of carbonyl (C=O) groups is 4. The molecular weight excluding hydrogens is 423 g/mol. The number of hydrogen-bond acceptors (Lipinski definition) is 8. The third-order valence-corrected chi connectivity index (χ3v) is 9.27. The van der Waals surface area contributed by atoms with Crippen LogP contribution in [0, 0.1) is 5.92 Å². The number of rotatable bonds is 5. The number of methoxy groups -OCH3 is 4. The van der Waals surface area contributed by atoms with Crippen molar-refractivity contribution in [2.75, 3.05) is 28.4 Å². The topological polar surface area (TPSA) is 105 Å². The van der Waals surface area contributed by atoms with E-state index in [-0.39, 0.29) is 16.4 Å². The minimum Gasteiger partial charge on any atom is -0.468 e. The number of carbonyl (C=O) groups excluding carboxylic acids is 4. The highest BCUT2D eigenvalue weighted by atomic mass is 31.2. The van der Waals surface area contributed by atoms with E-state index in [2.05, 4.69) is 0 Å². The molecule has 3 rings (SSSR count). The van der Waals surface area contributed by atoms with Gasteiger partial charge >= 0.3 is 23.9 Å². The van der Waals surface area contributed by atoms with Crippen LogP contribution in [0.4, 0.5) is 0 Å². The first kappa shape index (κ1) is 22.3. The maximum absolute atomic E-state index is 13.1. The van der Waals surface area contributed by atoms with Crippen molar-refractivity contribution in [1.82, 2.24) is 0 Å². The smallest absolute Gasteiger partial charge is 0.339 e. The van der Waals surface area contributed by atoms with Crippen LogP contribution in [0.3, 0.4) is 0 Å². The van der Waals surface area contributed by atoms with E-state index >= 15 is 0 Å². The summed E-state index contributed by atoms with van der Waals surface area (Å²) in [5.41, 5.74) is -0.652. The van der Waals surface area contributed by atoms with E-state index in [1.54, 1.807) is 42.2 Å². The van der Waals surface area contributed by atoms with Gasteiger partial charge in [-0.25, -0.2) is 14.4 Å². The van der Waals surface area contributed by atoms with Gasteiger partial charge in [0.05, 0.1) is 44.9 Å². The van der Waals surface area contributed by atoms with E-state index < -0.39 is 36.7 Å². The molecule has 2 aliphatic heterocycles. The fraction of sp³-hybridized carbons (Fsp3) is 0.227. The minimum absolute atomic E-state index is 0.0337. The summed E-state index contributed by atoms with van der Waals surface area (Å²) >= 11 is 0. The molecule has 2 atom stereocenters. The first-order valence-corrected chi connectivity index (χ1v) is 11.0. The summed E-state index contributed by atoms with van der Waals surface area (Å²) in [5.74, 6) is -2.94. The number of esters is 4. The van der Waals surface area contributed by atoms with Crippen LogP contribution >= 0.6 is 6.89 Å². The van der Waals surface area contributed by atoms with Gasteiger partial charge in [0.2, 0.25) is 0 Å². The molecule has 0 N–H and O–H groups in total. The van der Waals surface area contributed by atoms with Gasteiger partial charge < -0.3 is 18.9 Å². The van der Waals surface area contributed by atoms with Crippen LogP contribution in [0.1, 0.15) is 0 Å². The third-order valence-electron chi connectivity index (χ3n) is 5.20. The lowest BCUT2D eigenvalue weighted by atomic mass is 9.90. The molecule has 0 saturated carbocycles. The van der Waals surface area contributed by atoms with Gasteiger partial charge in [0.25, 0.3) is 0 Å². The summed E-state index contributed by atoms with van der Waals surface area (Å²) in [4.78, 5) is 51.8. The molecule has 1 aromatic carbocycles. The number of fused-ring (bicyclic) bond motifs is 1. The largest absolute Gasteiger partial charge is 0.468 e. The van der Waals surface area contributed by atoms with Gasteiger partial charge in [-0.15, -0.1) is 0 Å². The molecule has 0 spiro atoms. The molecular formula is C22H21O8P. The van der Waals surface area contributed by atoms with Gasteiger partial charge in [0, 0.05) is 0 Å². The highest BCUT2D eigenvalue weighted by molar-refractivity contribution is 7.91. The first-order chi connectivity index (χ1) is 14.9. The quantitative estimate of drug-likeness (QED) is 0.383. The Bertz CT molecular complexity index is 1110. The van der Waals surface area contributed by atoms with Gasteiger partial charge in [0.1, 0.15) is 5.92 Å². The highest BCUT2D eigenvalue weighted by Gasteiger charge is 2.51. The van der Waals surface area contributed by atoms with Crippen LogP contribution < -0.4 is 5.30 Å². The number of ether oxygens (including phenoxy) is 4. The highest BCUT2D eigenvalue weighted by Crippen LogP contribution is 2.67. The summed E-state index contributed by atoms with van der Waals surface area (Å²) in [6.45, 7) is -2.96. The second-order valence-electron chi connectivity index (χ2n) is 6.56. The van der Waals surface area contributed by atoms with Gasteiger partial charge in [0.15, 0.2) is 0 Å².